The van der Waals surface area contributed by atoms with Gasteiger partial charge in [0.15, 0.2) is 11.6 Å². The van der Waals surface area contributed by atoms with E-state index in [9.17, 15) is 9.18 Å². The van der Waals surface area contributed by atoms with Crippen LogP contribution in [0.3, 0.4) is 0 Å². The fourth-order valence-electron chi connectivity index (χ4n) is 1.59. The van der Waals surface area contributed by atoms with Crippen molar-refractivity contribution in [3.63, 3.8) is 0 Å². The molecule has 78 valence electrons. The summed E-state index contributed by atoms with van der Waals surface area (Å²) in [5.74, 6) is -1.35. The lowest BCUT2D eigenvalue weighted by molar-refractivity contribution is -0.133. The number of para-hydroxylation sites is 1. The minimum atomic E-state index is -1.03. The molecule has 3 nitrogen and oxygen atoms in total. The van der Waals surface area contributed by atoms with Gasteiger partial charge in [-0.05, 0) is 18.6 Å². The van der Waals surface area contributed by atoms with E-state index >= 15 is 0 Å². The van der Waals surface area contributed by atoms with Gasteiger partial charge in [-0.15, -0.1) is 0 Å². The SMILES string of the molecule is CC1=C(C(=O)O)COc2c(F)cccc21. The highest BCUT2D eigenvalue weighted by Gasteiger charge is 2.23. The first-order valence-electron chi connectivity index (χ1n) is 4.46. The molecule has 0 saturated carbocycles. The van der Waals surface area contributed by atoms with Gasteiger partial charge in [0.05, 0.1) is 5.57 Å². The van der Waals surface area contributed by atoms with Crippen molar-refractivity contribution in [1.29, 1.82) is 0 Å². The number of carboxylic acids is 1. The monoisotopic (exact) mass is 208 g/mol. The van der Waals surface area contributed by atoms with Crippen molar-refractivity contribution in [2.45, 2.75) is 6.92 Å². The van der Waals surface area contributed by atoms with Crippen LogP contribution in [0.1, 0.15) is 12.5 Å². The Kier molecular flexibility index (Phi) is 2.19. The Labute approximate surface area is 85.8 Å². The largest absolute Gasteiger partial charge is 0.485 e. The van der Waals surface area contributed by atoms with Crippen molar-refractivity contribution < 1.29 is 19.0 Å². The van der Waals surface area contributed by atoms with Crippen LogP contribution in [0, 0.1) is 5.82 Å². The van der Waals surface area contributed by atoms with Crippen molar-refractivity contribution in [3.8, 4) is 5.75 Å². The van der Waals surface area contributed by atoms with E-state index < -0.39 is 11.8 Å². The number of rotatable bonds is 1. The van der Waals surface area contributed by atoms with Gasteiger partial charge in [-0.2, -0.15) is 0 Å². The lowest BCUT2D eigenvalue weighted by atomic mass is 9.98. The second kappa shape index (κ2) is 3.38. The Hall–Kier alpha value is -1.84. The zero-order valence-corrected chi connectivity index (χ0v) is 8.08. The van der Waals surface area contributed by atoms with Crippen LogP contribution in [-0.4, -0.2) is 17.7 Å². The van der Waals surface area contributed by atoms with Crippen LogP contribution in [0.25, 0.3) is 5.57 Å². The summed E-state index contributed by atoms with van der Waals surface area (Å²) in [5.41, 5.74) is 1.25. The Balaban J connectivity index is 2.62. The highest BCUT2D eigenvalue weighted by molar-refractivity contribution is 5.97. The zero-order valence-electron chi connectivity index (χ0n) is 8.08. The molecule has 1 heterocycles. The van der Waals surface area contributed by atoms with Gasteiger partial charge >= 0.3 is 5.97 Å². The Morgan fingerprint density at radius 3 is 2.93 bits per heavy atom. The molecule has 1 aliphatic rings. The van der Waals surface area contributed by atoms with Gasteiger partial charge in [-0.3, -0.25) is 0 Å². The zero-order chi connectivity index (χ0) is 11.0. The molecule has 4 heteroatoms. The fraction of sp³-hybridized carbons (Fsp3) is 0.182. The summed E-state index contributed by atoms with van der Waals surface area (Å²) < 4.78 is 18.4. The van der Waals surface area contributed by atoms with Crippen LogP contribution < -0.4 is 4.74 Å². The number of allylic oxidation sites excluding steroid dienone is 1. The third kappa shape index (κ3) is 1.48. The van der Waals surface area contributed by atoms with Gasteiger partial charge in [0.1, 0.15) is 6.61 Å². The predicted octanol–water partition coefficient (Wildman–Crippen LogP) is 2.08. The van der Waals surface area contributed by atoms with Gasteiger partial charge in [0, 0.05) is 5.56 Å². The minimum Gasteiger partial charge on any atom is -0.485 e. The van der Waals surface area contributed by atoms with E-state index in [4.69, 9.17) is 9.84 Å². The summed E-state index contributed by atoms with van der Waals surface area (Å²) in [5, 5.41) is 8.87. The molecule has 1 aromatic carbocycles. The van der Waals surface area contributed by atoms with E-state index in [1.165, 1.54) is 12.1 Å². The lowest BCUT2D eigenvalue weighted by Gasteiger charge is -2.20. The molecule has 0 bridgehead atoms. The Morgan fingerprint density at radius 1 is 1.53 bits per heavy atom. The average molecular weight is 208 g/mol. The summed E-state index contributed by atoms with van der Waals surface area (Å²) in [6.45, 7) is 1.57. The molecule has 1 aromatic rings. The van der Waals surface area contributed by atoms with Crippen LogP contribution in [0.2, 0.25) is 0 Å². The molecule has 0 amide bonds. The van der Waals surface area contributed by atoms with E-state index in [1.807, 2.05) is 0 Å². The summed E-state index contributed by atoms with van der Waals surface area (Å²) in [6.07, 6.45) is 0. The van der Waals surface area contributed by atoms with Gasteiger partial charge in [-0.25, -0.2) is 9.18 Å². The van der Waals surface area contributed by atoms with Crippen LogP contribution >= 0.6 is 0 Å². The molecule has 0 atom stereocenters. The quantitative estimate of drug-likeness (QED) is 0.768. The summed E-state index contributed by atoms with van der Waals surface area (Å²) in [6, 6.07) is 4.47. The summed E-state index contributed by atoms with van der Waals surface area (Å²) >= 11 is 0. The molecular weight excluding hydrogens is 199 g/mol. The van der Waals surface area contributed by atoms with Gasteiger partial charge in [0.25, 0.3) is 0 Å². The third-order valence-corrected chi connectivity index (χ3v) is 2.44. The van der Waals surface area contributed by atoms with Crippen LogP contribution in [0.15, 0.2) is 23.8 Å². The Morgan fingerprint density at radius 2 is 2.27 bits per heavy atom. The molecule has 1 aliphatic heterocycles. The average Bonchev–Trinajstić information content (AvgIpc) is 2.19. The van der Waals surface area contributed by atoms with Crippen molar-refractivity contribution in [2.24, 2.45) is 0 Å². The van der Waals surface area contributed by atoms with E-state index in [0.29, 0.717) is 11.1 Å². The number of halogens is 1. The molecule has 0 spiro atoms. The number of fused-ring (bicyclic) bond motifs is 1. The molecule has 0 saturated heterocycles. The standard InChI is InChI=1S/C11H9FO3/c1-6-7-3-2-4-9(12)10(7)15-5-8(6)11(13)14/h2-4H,5H2,1H3,(H,13,14). The lowest BCUT2D eigenvalue weighted by Crippen LogP contribution is -2.17. The van der Waals surface area contributed by atoms with E-state index in [-0.39, 0.29) is 17.9 Å². The molecule has 0 aliphatic carbocycles. The van der Waals surface area contributed by atoms with Crippen LogP contribution in [0.5, 0.6) is 5.75 Å². The number of carbonyl (C=O) groups is 1. The first-order valence-corrected chi connectivity index (χ1v) is 4.46. The van der Waals surface area contributed by atoms with Crippen LogP contribution in [-0.2, 0) is 4.79 Å². The van der Waals surface area contributed by atoms with Gasteiger partial charge in [0.2, 0.25) is 0 Å². The number of hydrogen-bond acceptors (Lipinski definition) is 2. The highest BCUT2D eigenvalue weighted by atomic mass is 19.1. The third-order valence-electron chi connectivity index (χ3n) is 2.44. The first-order chi connectivity index (χ1) is 7.11. The van der Waals surface area contributed by atoms with Crippen LogP contribution in [0.4, 0.5) is 4.39 Å². The van der Waals surface area contributed by atoms with Crippen molar-refractivity contribution in [2.75, 3.05) is 6.61 Å². The first kappa shape index (κ1) is 9.71. The molecule has 0 fully saturated rings. The van der Waals surface area contributed by atoms with Gasteiger partial charge in [-0.1, -0.05) is 12.1 Å². The molecule has 15 heavy (non-hydrogen) atoms. The maximum Gasteiger partial charge on any atom is 0.335 e. The molecular formula is C11H9FO3. The molecule has 1 N–H and O–H groups in total. The second-order valence-electron chi connectivity index (χ2n) is 3.31. The minimum absolute atomic E-state index is 0.0882. The number of ether oxygens (including phenoxy) is 1. The predicted molar refractivity (Wildman–Crippen MR) is 52.1 cm³/mol. The van der Waals surface area contributed by atoms with Crippen molar-refractivity contribution in [3.05, 3.63) is 35.2 Å². The van der Waals surface area contributed by atoms with Crippen molar-refractivity contribution in [1.82, 2.24) is 0 Å². The Bertz CT molecular complexity index is 463. The van der Waals surface area contributed by atoms with Crippen molar-refractivity contribution >= 4 is 11.5 Å². The molecule has 0 aromatic heterocycles. The summed E-state index contributed by atoms with van der Waals surface area (Å²) in [7, 11) is 0. The number of aliphatic carboxylic acids is 1. The fourth-order valence-corrected chi connectivity index (χ4v) is 1.59. The molecule has 2 rings (SSSR count). The maximum absolute atomic E-state index is 13.3. The normalized spacial score (nSPS) is 14.5. The summed E-state index contributed by atoms with van der Waals surface area (Å²) in [4.78, 5) is 10.8. The van der Waals surface area contributed by atoms with E-state index in [0.717, 1.165) is 0 Å². The maximum atomic E-state index is 13.3. The molecule has 0 unspecified atom stereocenters. The topological polar surface area (TPSA) is 46.5 Å². The van der Waals surface area contributed by atoms with Gasteiger partial charge < -0.3 is 9.84 Å². The smallest absolute Gasteiger partial charge is 0.335 e. The molecule has 0 radical (unpaired) electrons. The van der Waals surface area contributed by atoms with E-state index in [1.54, 1.807) is 13.0 Å². The number of benzene rings is 1. The second-order valence-corrected chi connectivity index (χ2v) is 3.31. The highest BCUT2D eigenvalue weighted by Crippen LogP contribution is 2.34. The number of carboxylic acid groups (broad SMARTS) is 1. The number of hydrogen-bond donors (Lipinski definition) is 1. The van der Waals surface area contributed by atoms with E-state index in [2.05, 4.69) is 0 Å².